The summed E-state index contributed by atoms with van der Waals surface area (Å²) in [5.41, 5.74) is 4.59. The number of hydrogen-bond donors (Lipinski definition) is 5. The van der Waals surface area contributed by atoms with E-state index < -0.39 is 42.4 Å². The normalized spacial score (nSPS) is 14.6. The Morgan fingerprint density at radius 1 is 1.48 bits per heavy atom. The quantitative estimate of drug-likeness (QED) is 0.319. The second-order valence-electron chi connectivity index (χ2n) is 5.35. The molecule has 1 aromatic heterocycles. The SMILES string of the molecule is C[C@@H](O)C(CO)OCn1ccc(NC(=O)CCC(N)C(=O)O)nc1=O. The molecule has 0 fully saturated rings. The minimum absolute atomic E-state index is 0.00406. The molecule has 140 valence electrons. The van der Waals surface area contributed by atoms with Crippen molar-refractivity contribution < 1.29 is 29.6 Å². The van der Waals surface area contributed by atoms with E-state index in [1.165, 1.54) is 19.2 Å². The third kappa shape index (κ3) is 6.97. The van der Waals surface area contributed by atoms with Gasteiger partial charge in [0, 0.05) is 12.6 Å². The van der Waals surface area contributed by atoms with E-state index >= 15 is 0 Å². The topological polar surface area (TPSA) is 177 Å². The van der Waals surface area contributed by atoms with Crippen LogP contribution in [0.25, 0.3) is 0 Å². The number of carbonyl (C=O) groups is 2. The molecule has 3 atom stereocenters. The first kappa shape index (κ1) is 20.7. The summed E-state index contributed by atoms with van der Waals surface area (Å²) in [7, 11) is 0. The van der Waals surface area contributed by atoms with E-state index in [0.29, 0.717) is 0 Å². The predicted octanol–water partition coefficient (Wildman–Crippen LogP) is -1.91. The Balaban J connectivity index is 2.59. The summed E-state index contributed by atoms with van der Waals surface area (Å²) in [6.45, 7) is 0.799. The molecule has 0 spiro atoms. The highest BCUT2D eigenvalue weighted by molar-refractivity contribution is 5.90. The molecule has 0 aliphatic heterocycles. The smallest absolute Gasteiger partial charge is 0.351 e. The van der Waals surface area contributed by atoms with Crippen molar-refractivity contribution in [3.8, 4) is 0 Å². The van der Waals surface area contributed by atoms with Crippen LogP contribution in [0.2, 0.25) is 0 Å². The van der Waals surface area contributed by atoms with Crippen LogP contribution in [0.3, 0.4) is 0 Å². The van der Waals surface area contributed by atoms with E-state index in [4.69, 9.17) is 20.7 Å². The monoisotopic (exact) mass is 358 g/mol. The van der Waals surface area contributed by atoms with Gasteiger partial charge < -0.3 is 31.1 Å². The van der Waals surface area contributed by atoms with Crippen molar-refractivity contribution in [2.45, 2.75) is 44.7 Å². The first-order chi connectivity index (χ1) is 11.7. The highest BCUT2D eigenvalue weighted by Gasteiger charge is 2.16. The van der Waals surface area contributed by atoms with Crippen molar-refractivity contribution in [2.75, 3.05) is 11.9 Å². The molecule has 11 heteroatoms. The van der Waals surface area contributed by atoms with Crippen molar-refractivity contribution in [3.05, 3.63) is 22.7 Å². The molecule has 1 rings (SSSR count). The van der Waals surface area contributed by atoms with Crippen molar-refractivity contribution >= 4 is 17.7 Å². The van der Waals surface area contributed by atoms with Crippen LogP contribution < -0.4 is 16.7 Å². The van der Waals surface area contributed by atoms with Crippen molar-refractivity contribution in [2.24, 2.45) is 5.73 Å². The second-order valence-corrected chi connectivity index (χ2v) is 5.35. The molecule has 11 nitrogen and oxygen atoms in total. The minimum Gasteiger partial charge on any atom is -0.480 e. The minimum atomic E-state index is -1.20. The summed E-state index contributed by atoms with van der Waals surface area (Å²) in [5, 5.41) is 29.4. The zero-order valence-corrected chi connectivity index (χ0v) is 13.7. The van der Waals surface area contributed by atoms with Crippen LogP contribution in [0.15, 0.2) is 17.1 Å². The number of aliphatic hydroxyl groups excluding tert-OH is 2. The van der Waals surface area contributed by atoms with Crippen LogP contribution in [-0.4, -0.2) is 61.6 Å². The highest BCUT2D eigenvalue weighted by atomic mass is 16.5. The van der Waals surface area contributed by atoms with Crippen LogP contribution >= 0.6 is 0 Å². The number of ether oxygens (including phenoxy) is 1. The molecule has 2 unspecified atom stereocenters. The molecule has 6 N–H and O–H groups in total. The lowest BCUT2D eigenvalue weighted by Crippen LogP contribution is -2.33. The number of aliphatic hydroxyl groups is 2. The van der Waals surface area contributed by atoms with Gasteiger partial charge in [-0.15, -0.1) is 0 Å². The van der Waals surface area contributed by atoms with Gasteiger partial charge in [0.2, 0.25) is 5.91 Å². The summed E-state index contributed by atoms with van der Waals surface area (Å²) < 4.78 is 6.28. The van der Waals surface area contributed by atoms with Gasteiger partial charge in [-0.25, -0.2) is 4.79 Å². The predicted molar refractivity (Wildman–Crippen MR) is 85.6 cm³/mol. The molecule has 0 aliphatic carbocycles. The fourth-order valence-electron chi connectivity index (χ4n) is 1.73. The van der Waals surface area contributed by atoms with E-state index in [9.17, 15) is 19.5 Å². The molecule has 0 radical (unpaired) electrons. The standard InChI is InChI=1S/C14H22N4O7/c1-8(20)10(6-19)25-7-18-5-4-11(17-14(18)24)16-12(21)3-2-9(15)13(22)23/h4-5,8-10,19-20H,2-3,6-7,15H2,1H3,(H,22,23)(H,16,17,21,24)/t8-,9?,10?/m1/s1. The van der Waals surface area contributed by atoms with Gasteiger partial charge in [-0.3, -0.25) is 14.2 Å². The van der Waals surface area contributed by atoms with Gasteiger partial charge >= 0.3 is 11.7 Å². The first-order valence-corrected chi connectivity index (χ1v) is 7.50. The van der Waals surface area contributed by atoms with Crippen LogP contribution in [0.4, 0.5) is 5.82 Å². The molecular formula is C14H22N4O7. The fourth-order valence-corrected chi connectivity index (χ4v) is 1.73. The largest absolute Gasteiger partial charge is 0.480 e. The number of aliphatic carboxylic acids is 1. The van der Waals surface area contributed by atoms with Crippen molar-refractivity contribution in [1.82, 2.24) is 9.55 Å². The van der Waals surface area contributed by atoms with Crippen LogP contribution in [0.1, 0.15) is 19.8 Å². The maximum atomic E-state index is 11.8. The maximum Gasteiger partial charge on any atom is 0.351 e. The third-order valence-electron chi connectivity index (χ3n) is 3.29. The molecule has 1 aromatic rings. The number of aromatic nitrogens is 2. The lowest BCUT2D eigenvalue weighted by atomic mass is 10.1. The van der Waals surface area contributed by atoms with Crippen molar-refractivity contribution in [3.63, 3.8) is 0 Å². The number of amides is 1. The maximum absolute atomic E-state index is 11.8. The summed E-state index contributed by atoms with van der Waals surface area (Å²) in [4.78, 5) is 37.7. The summed E-state index contributed by atoms with van der Waals surface area (Å²) in [6.07, 6.45) is -0.610. The third-order valence-corrected chi connectivity index (χ3v) is 3.29. The highest BCUT2D eigenvalue weighted by Crippen LogP contribution is 2.03. The van der Waals surface area contributed by atoms with Crippen molar-refractivity contribution in [1.29, 1.82) is 0 Å². The van der Waals surface area contributed by atoms with E-state index in [0.717, 1.165) is 4.57 Å². The summed E-state index contributed by atoms with van der Waals surface area (Å²) in [5.74, 6) is -1.72. The molecule has 25 heavy (non-hydrogen) atoms. The van der Waals surface area contributed by atoms with Gasteiger partial charge in [0.15, 0.2) is 0 Å². The number of carbonyl (C=O) groups excluding carboxylic acids is 1. The molecule has 1 amide bonds. The number of hydrogen-bond acceptors (Lipinski definition) is 8. The molecule has 0 aliphatic rings. The van der Waals surface area contributed by atoms with Gasteiger partial charge in [-0.1, -0.05) is 0 Å². The Kier molecular flexibility index (Phi) is 8.15. The molecule has 0 aromatic carbocycles. The Morgan fingerprint density at radius 3 is 2.68 bits per heavy atom. The zero-order chi connectivity index (χ0) is 19.0. The molecule has 0 saturated heterocycles. The number of rotatable bonds is 10. The van der Waals surface area contributed by atoms with Crippen LogP contribution in [0.5, 0.6) is 0 Å². The van der Waals surface area contributed by atoms with Crippen LogP contribution in [-0.2, 0) is 21.1 Å². The number of nitrogens with two attached hydrogens (primary N) is 1. The fraction of sp³-hybridized carbons (Fsp3) is 0.571. The summed E-state index contributed by atoms with van der Waals surface area (Å²) in [6, 6.07) is 0.216. The van der Waals surface area contributed by atoms with Crippen LogP contribution in [0, 0.1) is 0 Å². The van der Waals surface area contributed by atoms with Gasteiger partial charge in [-0.2, -0.15) is 4.98 Å². The zero-order valence-electron chi connectivity index (χ0n) is 13.7. The Bertz CT molecular complexity index is 646. The Hall–Kier alpha value is -2.34. The lowest BCUT2D eigenvalue weighted by molar-refractivity contribution is -0.138. The summed E-state index contributed by atoms with van der Waals surface area (Å²) >= 11 is 0. The lowest BCUT2D eigenvalue weighted by Gasteiger charge is -2.18. The molecule has 0 saturated carbocycles. The number of carboxylic acids is 1. The molecule has 1 heterocycles. The average molecular weight is 358 g/mol. The Labute approximate surface area is 143 Å². The number of anilines is 1. The molecule has 0 bridgehead atoms. The number of nitrogens with zero attached hydrogens (tertiary/aromatic N) is 2. The van der Waals surface area contributed by atoms with E-state index in [2.05, 4.69) is 10.3 Å². The number of nitrogens with one attached hydrogen (secondary N) is 1. The van der Waals surface area contributed by atoms with E-state index in [1.54, 1.807) is 0 Å². The second kappa shape index (κ2) is 9.84. The van der Waals surface area contributed by atoms with Gasteiger partial charge in [-0.05, 0) is 19.4 Å². The van der Waals surface area contributed by atoms with Gasteiger partial charge in [0.1, 0.15) is 24.7 Å². The van der Waals surface area contributed by atoms with E-state index in [-0.39, 0.29) is 25.4 Å². The first-order valence-electron chi connectivity index (χ1n) is 7.50. The average Bonchev–Trinajstić information content (AvgIpc) is 2.54. The van der Waals surface area contributed by atoms with Gasteiger partial charge in [0.25, 0.3) is 0 Å². The van der Waals surface area contributed by atoms with Gasteiger partial charge in [0.05, 0.1) is 12.7 Å². The molecular weight excluding hydrogens is 336 g/mol. The Morgan fingerprint density at radius 2 is 2.16 bits per heavy atom. The number of carboxylic acid groups (broad SMARTS) is 1. The van der Waals surface area contributed by atoms with E-state index in [1.807, 2.05) is 0 Å².